The summed E-state index contributed by atoms with van der Waals surface area (Å²) in [5.74, 6) is -1.58. The Morgan fingerprint density at radius 2 is 1.67 bits per heavy atom. The van der Waals surface area contributed by atoms with Crippen LogP contribution < -0.4 is 20.7 Å². The van der Waals surface area contributed by atoms with Crippen LogP contribution in [0.2, 0.25) is 0 Å². The normalized spacial score (nSPS) is 21.5. The van der Waals surface area contributed by atoms with Gasteiger partial charge in [-0.25, -0.2) is 0 Å². The molecule has 2 heterocycles. The largest absolute Gasteiger partial charge is 0.491 e. The Balaban J connectivity index is 1.48. The number of carbonyl (C=O) groups excluding carboxylic acids is 4. The highest BCUT2D eigenvalue weighted by Gasteiger charge is 2.32. The predicted molar refractivity (Wildman–Crippen MR) is 161 cm³/mol. The third kappa shape index (κ3) is 9.01. The molecule has 1 saturated heterocycles. The minimum atomic E-state index is -1.17. The van der Waals surface area contributed by atoms with Crippen LogP contribution in [0.3, 0.4) is 0 Å². The van der Waals surface area contributed by atoms with Gasteiger partial charge < -0.3 is 30.3 Å². The van der Waals surface area contributed by atoms with Gasteiger partial charge >= 0.3 is 0 Å². The second-order valence-electron chi connectivity index (χ2n) is 11.2. The summed E-state index contributed by atoms with van der Waals surface area (Å²) in [5, 5.41) is 8.41. The molecule has 11 nitrogen and oxygen atoms in total. The van der Waals surface area contributed by atoms with Gasteiger partial charge in [0.15, 0.2) is 0 Å². The fourth-order valence-corrected chi connectivity index (χ4v) is 5.06. The Morgan fingerprint density at radius 1 is 0.977 bits per heavy atom. The molecule has 2 aromatic rings. The summed E-state index contributed by atoms with van der Waals surface area (Å²) in [7, 11) is 1.66. The molecule has 2 aliphatic heterocycles. The summed E-state index contributed by atoms with van der Waals surface area (Å²) in [5.41, 5.74) is 2.30. The van der Waals surface area contributed by atoms with E-state index in [1.807, 2.05) is 38.1 Å². The Labute approximate surface area is 253 Å². The van der Waals surface area contributed by atoms with Crippen molar-refractivity contribution in [2.45, 2.75) is 51.9 Å². The number of hydrogen-bond acceptors (Lipinski definition) is 7. The molecule has 0 aliphatic carbocycles. The van der Waals surface area contributed by atoms with E-state index < -0.39 is 29.8 Å². The standard InChI is InChI=1S/C32H43N5O6/c1-4-22(2)29-32(41)36(3)13-18-43-27-8-6-5-7-25(27)30(39)34-26(19-28(38)35-29)31(40)33-20-23-9-11-24(12-10-23)21-37-14-16-42-17-15-37/h5-12,22,26,29H,4,13-21H2,1-3H3,(H,33,40)(H,34,39)(H,35,38)/t22-,26-,29-/m0/s1. The van der Waals surface area contributed by atoms with Crippen LogP contribution in [0.4, 0.5) is 0 Å². The first-order valence-corrected chi connectivity index (χ1v) is 15.0. The van der Waals surface area contributed by atoms with Gasteiger partial charge in [0.25, 0.3) is 5.91 Å². The second kappa shape index (κ2) is 15.5. The molecule has 232 valence electrons. The van der Waals surface area contributed by atoms with E-state index in [0.717, 1.165) is 38.4 Å². The number of carbonyl (C=O) groups is 4. The third-order valence-electron chi connectivity index (χ3n) is 8.00. The van der Waals surface area contributed by atoms with E-state index in [1.54, 1.807) is 31.3 Å². The topological polar surface area (TPSA) is 129 Å². The highest BCUT2D eigenvalue weighted by Crippen LogP contribution is 2.19. The van der Waals surface area contributed by atoms with E-state index in [0.29, 0.717) is 12.2 Å². The summed E-state index contributed by atoms with van der Waals surface area (Å²) in [6.07, 6.45) is 0.337. The van der Waals surface area contributed by atoms with Crippen molar-refractivity contribution in [3.63, 3.8) is 0 Å². The van der Waals surface area contributed by atoms with Gasteiger partial charge in [0.2, 0.25) is 17.7 Å². The van der Waals surface area contributed by atoms with Gasteiger partial charge in [-0.15, -0.1) is 0 Å². The van der Waals surface area contributed by atoms with E-state index in [9.17, 15) is 19.2 Å². The molecule has 0 spiro atoms. The first-order valence-electron chi connectivity index (χ1n) is 15.0. The van der Waals surface area contributed by atoms with Gasteiger partial charge in [0.05, 0.1) is 31.7 Å². The zero-order valence-electron chi connectivity index (χ0n) is 25.3. The molecule has 0 aromatic heterocycles. The molecule has 3 N–H and O–H groups in total. The smallest absolute Gasteiger partial charge is 0.255 e. The maximum Gasteiger partial charge on any atom is 0.255 e. The lowest BCUT2D eigenvalue weighted by Gasteiger charge is -2.29. The van der Waals surface area contributed by atoms with E-state index in [2.05, 4.69) is 20.9 Å². The number of nitrogens with zero attached hydrogens (tertiary/aromatic N) is 2. The number of benzene rings is 2. The number of likely N-dealkylation sites (N-methyl/N-ethyl adjacent to an activating group) is 1. The average Bonchev–Trinajstić information content (AvgIpc) is 3.02. The monoisotopic (exact) mass is 593 g/mol. The lowest BCUT2D eigenvalue weighted by atomic mass is 9.97. The minimum Gasteiger partial charge on any atom is -0.491 e. The molecule has 4 amide bonds. The van der Waals surface area contributed by atoms with Crippen molar-refractivity contribution in [3.05, 3.63) is 65.2 Å². The summed E-state index contributed by atoms with van der Waals surface area (Å²) in [6.45, 7) is 8.61. The fourth-order valence-electron chi connectivity index (χ4n) is 5.06. The molecule has 3 atom stereocenters. The molecule has 0 unspecified atom stereocenters. The maximum absolute atomic E-state index is 13.4. The molecule has 43 heavy (non-hydrogen) atoms. The highest BCUT2D eigenvalue weighted by molar-refractivity contribution is 6.01. The van der Waals surface area contributed by atoms with Crippen molar-refractivity contribution >= 4 is 23.6 Å². The zero-order valence-corrected chi connectivity index (χ0v) is 25.3. The van der Waals surface area contributed by atoms with Crippen LogP contribution in [0, 0.1) is 5.92 Å². The van der Waals surface area contributed by atoms with Crippen LogP contribution in [0.15, 0.2) is 48.5 Å². The minimum absolute atomic E-state index is 0.137. The molecular weight excluding hydrogens is 550 g/mol. The SMILES string of the molecule is CC[C@H](C)[C@@H]1NC(=O)C[C@@H](C(=O)NCc2ccc(CN3CCOCC3)cc2)NC(=O)c2ccccc2OCCN(C)C1=O. The molecule has 1 fully saturated rings. The second-order valence-corrected chi connectivity index (χ2v) is 11.2. The summed E-state index contributed by atoms with van der Waals surface area (Å²) < 4.78 is 11.3. The first-order chi connectivity index (χ1) is 20.7. The maximum atomic E-state index is 13.4. The van der Waals surface area contributed by atoms with Gasteiger partial charge in [0, 0.05) is 33.2 Å². The zero-order chi connectivity index (χ0) is 30.8. The van der Waals surface area contributed by atoms with Crippen LogP contribution in [-0.4, -0.2) is 92.0 Å². The first kappa shape index (κ1) is 32.0. The van der Waals surface area contributed by atoms with Crippen LogP contribution in [0.25, 0.3) is 0 Å². The summed E-state index contributed by atoms with van der Waals surface area (Å²) >= 11 is 0. The lowest BCUT2D eigenvalue weighted by molar-refractivity contribution is -0.137. The fraction of sp³-hybridized carbons (Fsp3) is 0.500. The number of amides is 4. The van der Waals surface area contributed by atoms with Gasteiger partial charge in [-0.3, -0.25) is 24.1 Å². The van der Waals surface area contributed by atoms with Crippen LogP contribution in [0.5, 0.6) is 5.75 Å². The van der Waals surface area contributed by atoms with Crippen molar-refractivity contribution < 1.29 is 28.7 Å². The van der Waals surface area contributed by atoms with Crippen molar-refractivity contribution in [1.82, 2.24) is 25.8 Å². The number of hydrogen-bond donors (Lipinski definition) is 3. The van der Waals surface area contributed by atoms with Crippen LogP contribution in [0.1, 0.15) is 48.2 Å². The number of ether oxygens (including phenoxy) is 2. The van der Waals surface area contributed by atoms with Gasteiger partial charge in [-0.05, 0) is 29.2 Å². The number of nitrogens with one attached hydrogen (secondary N) is 3. The van der Waals surface area contributed by atoms with E-state index in [4.69, 9.17) is 9.47 Å². The third-order valence-corrected chi connectivity index (χ3v) is 8.00. The number of rotatable bonds is 7. The quantitative estimate of drug-likeness (QED) is 0.446. The van der Waals surface area contributed by atoms with E-state index in [1.165, 1.54) is 10.5 Å². The van der Waals surface area contributed by atoms with Gasteiger partial charge in [0.1, 0.15) is 24.4 Å². The molecular formula is C32H43N5O6. The van der Waals surface area contributed by atoms with Crippen molar-refractivity contribution in [2.24, 2.45) is 5.92 Å². The molecule has 0 radical (unpaired) electrons. The molecule has 11 heteroatoms. The van der Waals surface area contributed by atoms with Gasteiger partial charge in [-0.1, -0.05) is 56.7 Å². The molecule has 0 saturated carbocycles. The number of fused-ring (bicyclic) bond motifs is 1. The van der Waals surface area contributed by atoms with Crippen molar-refractivity contribution in [1.29, 1.82) is 0 Å². The van der Waals surface area contributed by atoms with Gasteiger partial charge in [-0.2, -0.15) is 0 Å². The lowest BCUT2D eigenvalue weighted by Crippen LogP contribution is -2.54. The molecule has 0 bridgehead atoms. The van der Waals surface area contributed by atoms with Crippen LogP contribution in [-0.2, 0) is 32.2 Å². The average molecular weight is 594 g/mol. The summed E-state index contributed by atoms with van der Waals surface area (Å²) in [4.78, 5) is 57.1. The Bertz CT molecular complexity index is 1260. The Morgan fingerprint density at radius 3 is 2.40 bits per heavy atom. The molecule has 2 aromatic carbocycles. The number of morpholine rings is 1. The highest BCUT2D eigenvalue weighted by atomic mass is 16.5. The summed E-state index contributed by atoms with van der Waals surface area (Å²) in [6, 6.07) is 12.7. The van der Waals surface area contributed by atoms with Crippen molar-refractivity contribution in [3.8, 4) is 5.75 Å². The van der Waals surface area contributed by atoms with Crippen molar-refractivity contribution in [2.75, 3.05) is 46.5 Å². The molecule has 2 aliphatic rings. The van der Waals surface area contributed by atoms with Crippen LogP contribution >= 0.6 is 0 Å². The van der Waals surface area contributed by atoms with E-state index >= 15 is 0 Å². The Hall–Kier alpha value is -3.96. The van der Waals surface area contributed by atoms with E-state index in [-0.39, 0.29) is 43.5 Å². The Kier molecular flexibility index (Phi) is 11.5. The molecule has 4 rings (SSSR count). The number of para-hydroxylation sites is 1. The predicted octanol–water partition coefficient (Wildman–Crippen LogP) is 1.71.